The molecule has 1 aliphatic heterocycles. The molecule has 2 heteroatoms. The van der Waals surface area contributed by atoms with Crippen LogP contribution in [0.1, 0.15) is 36.8 Å². The van der Waals surface area contributed by atoms with Gasteiger partial charge in [-0.1, -0.05) is 48.5 Å². The van der Waals surface area contributed by atoms with Crippen molar-refractivity contribution in [3.63, 3.8) is 0 Å². The molecule has 3 unspecified atom stereocenters. The summed E-state index contributed by atoms with van der Waals surface area (Å²) in [4.78, 5) is 0. The molecule has 3 atom stereocenters. The minimum absolute atomic E-state index is 0.296. The van der Waals surface area contributed by atoms with Gasteiger partial charge in [0.25, 0.3) is 0 Å². The van der Waals surface area contributed by atoms with E-state index in [1.165, 1.54) is 36.8 Å². The molecule has 2 spiro atoms. The zero-order chi connectivity index (χ0) is 17.0. The molecule has 5 fully saturated rings. The van der Waals surface area contributed by atoms with Gasteiger partial charge in [-0.15, -0.1) is 0 Å². The average molecular weight is 344 g/mol. The fraction of sp³-hybridized carbons (Fsp3) is 0.500. The molecule has 1 saturated heterocycles. The zero-order valence-corrected chi connectivity index (χ0v) is 15.0. The highest BCUT2D eigenvalue weighted by atomic mass is 16.6. The highest BCUT2D eigenvalue weighted by molar-refractivity contribution is 5.80. The first-order valence-electron chi connectivity index (χ1n) is 10.2. The van der Waals surface area contributed by atoms with Crippen LogP contribution in [-0.4, -0.2) is 25.9 Å². The van der Waals surface area contributed by atoms with E-state index in [9.17, 15) is 0 Å². The van der Waals surface area contributed by atoms with Crippen LogP contribution >= 0.6 is 0 Å². The molecule has 5 aliphatic carbocycles. The molecule has 4 bridgehead atoms. The van der Waals surface area contributed by atoms with Crippen LogP contribution in [0.25, 0.3) is 11.1 Å². The lowest BCUT2D eigenvalue weighted by Gasteiger charge is -2.47. The Morgan fingerprint density at radius 1 is 0.769 bits per heavy atom. The van der Waals surface area contributed by atoms with Crippen molar-refractivity contribution in [3.05, 3.63) is 59.7 Å². The third-order valence-electron chi connectivity index (χ3n) is 8.81. The Hall–Kier alpha value is -1.64. The minimum Gasteiger partial charge on any atom is -0.376 e. The van der Waals surface area contributed by atoms with Crippen LogP contribution < -0.4 is 0 Å². The van der Waals surface area contributed by atoms with Crippen LogP contribution in [0.4, 0.5) is 0 Å². The molecule has 0 N–H and O–H groups in total. The molecule has 26 heavy (non-hydrogen) atoms. The lowest BCUT2D eigenvalue weighted by Crippen LogP contribution is -2.43. The van der Waals surface area contributed by atoms with E-state index in [-0.39, 0.29) is 0 Å². The van der Waals surface area contributed by atoms with E-state index in [1.54, 1.807) is 11.1 Å². The van der Waals surface area contributed by atoms with Gasteiger partial charge in [0.15, 0.2) is 0 Å². The van der Waals surface area contributed by atoms with E-state index in [4.69, 9.17) is 9.47 Å². The normalized spacial score (nSPS) is 44.0. The Morgan fingerprint density at radius 2 is 1.38 bits per heavy atom. The second-order valence-corrected chi connectivity index (χ2v) is 9.38. The van der Waals surface area contributed by atoms with Gasteiger partial charge in [-0.05, 0) is 53.9 Å². The summed E-state index contributed by atoms with van der Waals surface area (Å²) >= 11 is 0. The summed E-state index contributed by atoms with van der Waals surface area (Å²) in [5, 5.41) is 0. The van der Waals surface area contributed by atoms with Crippen molar-refractivity contribution in [1.82, 2.24) is 0 Å². The number of ether oxygens (including phenoxy) is 2. The van der Waals surface area contributed by atoms with Crippen molar-refractivity contribution in [3.8, 4) is 11.1 Å². The molecular formula is C24H24O2. The van der Waals surface area contributed by atoms with Gasteiger partial charge >= 0.3 is 0 Å². The Balaban J connectivity index is 1.50. The Bertz CT molecular complexity index is 864. The van der Waals surface area contributed by atoms with Crippen molar-refractivity contribution < 1.29 is 9.47 Å². The van der Waals surface area contributed by atoms with Crippen molar-refractivity contribution in [1.29, 1.82) is 0 Å². The molecule has 6 aliphatic rings. The molecule has 2 nitrogen and oxygen atoms in total. The van der Waals surface area contributed by atoms with Crippen molar-refractivity contribution in [2.45, 2.75) is 42.6 Å². The smallest absolute Gasteiger partial charge is 0.0868 e. The van der Waals surface area contributed by atoms with Crippen LogP contribution in [0.5, 0.6) is 0 Å². The SMILES string of the molecule is c1ccc2c(c1)-c1ccccc1C13CC4CC21CC4(C1COCCO1)C3. The zero-order valence-electron chi connectivity index (χ0n) is 15.0. The molecule has 0 aromatic heterocycles. The minimum atomic E-state index is 0.296. The summed E-state index contributed by atoms with van der Waals surface area (Å²) in [6.45, 7) is 2.33. The highest BCUT2D eigenvalue weighted by Crippen LogP contribution is 2.84. The topological polar surface area (TPSA) is 18.5 Å². The van der Waals surface area contributed by atoms with Crippen LogP contribution in [0.3, 0.4) is 0 Å². The van der Waals surface area contributed by atoms with Crippen molar-refractivity contribution in [2.24, 2.45) is 11.3 Å². The maximum absolute atomic E-state index is 6.33. The van der Waals surface area contributed by atoms with E-state index in [0.717, 1.165) is 25.7 Å². The molecule has 132 valence electrons. The van der Waals surface area contributed by atoms with Crippen LogP contribution in [0.2, 0.25) is 0 Å². The lowest BCUT2D eigenvalue weighted by molar-refractivity contribution is -0.145. The van der Waals surface area contributed by atoms with Gasteiger partial charge in [0.2, 0.25) is 0 Å². The number of rotatable bonds is 1. The van der Waals surface area contributed by atoms with Crippen LogP contribution in [0.15, 0.2) is 48.5 Å². The monoisotopic (exact) mass is 344 g/mol. The standard InChI is InChI=1S/C24H24O2/c1-3-7-19-17(5-1)18-6-2-4-8-20(18)24-12-16-11-23(19,24)14-22(16,15-24)21-13-25-9-10-26-21/h1-8,16,21H,9-15H2. The molecule has 4 saturated carbocycles. The Labute approximate surface area is 154 Å². The third-order valence-corrected chi connectivity index (χ3v) is 8.81. The van der Waals surface area contributed by atoms with Crippen molar-refractivity contribution >= 4 is 0 Å². The van der Waals surface area contributed by atoms with Crippen molar-refractivity contribution in [2.75, 3.05) is 19.8 Å². The number of benzene rings is 2. The molecule has 2 aromatic carbocycles. The van der Waals surface area contributed by atoms with Gasteiger partial charge in [-0.2, -0.15) is 0 Å². The van der Waals surface area contributed by atoms with Crippen LogP contribution in [-0.2, 0) is 20.3 Å². The molecule has 0 amide bonds. The summed E-state index contributed by atoms with van der Waals surface area (Å²) in [5.74, 6) is 0.786. The van der Waals surface area contributed by atoms with Gasteiger partial charge in [0.05, 0.1) is 25.9 Å². The quantitative estimate of drug-likeness (QED) is 0.760. The summed E-state index contributed by atoms with van der Waals surface area (Å²) in [6, 6.07) is 18.5. The first-order valence-corrected chi connectivity index (χ1v) is 10.2. The Kier molecular flexibility index (Phi) is 2.46. The average Bonchev–Trinajstić information content (AvgIpc) is 3.39. The molecule has 1 heterocycles. The maximum Gasteiger partial charge on any atom is 0.0868 e. The molecule has 8 rings (SSSR count). The van der Waals surface area contributed by atoms with Gasteiger partial charge in [-0.3, -0.25) is 0 Å². The van der Waals surface area contributed by atoms with E-state index in [1.807, 2.05) is 0 Å². The first kappa shape index (κ1) is 14.4. The lowest BCUT2D eigenvalue weighted by atomic mass is 9.55. The fourth-order valence-corrected chi connectivity index (χ4v) is 8.18. The first-order chi connectivity index (χ1) is 12.8. The summed E-state index contributed by atoms with van der Waals surface area (Å²) in [6.07, 6.45) is 5.58. The summed E-state index contributed by atoms with van der Waals surface area (Å²) in [7, 11) is 0. The van der Waals surface area contributed by atoms with Gasteiger partial charge < -0.3 is 9.47 Å². The van der Waals surface area contributed by atoms with Gasteiger partial charge in [-0.25, -0.2) is 0 Å². The van der Waals surface area contributed by atoms with E-state index in [0.29, 0.717) is 22.3 Å². The molecule has 0 radical (unpaired) electrons. The number of fused-ring (bicyclic) bond motifs is 3. The highest BCUT2D eigenvalue weighted by Gasteiger charge is 2.81. The third kappa shape index (κ3) is 1.34. The fourth-order valence-electron chi connectivity index (χ4n) is 8.18. The molecular weight excluding hydrogens is 320 g/mol. The summed E-state index contributed by atoms with van der Waals surface area (Å²) in [5.41, 5.74) is 7.18. The predicted octanol–water partition coefficient (Wildman–Crippen LogP) is 4.46. The van der Waals surface area contributed by atoms with E-state index < -0.39 is 0 Å². The van der Waals surface area contributed by atoms with E-state index >= 15 is 0 Å². The predicted molar refractivity (Wildman–Crippen MR) is 100 cm³/mol. The van der Waals surface area contributed by atoms with Crippen LogP contribution in [0, 0.1) is 11.3 Å². The maximum atomic E-state index is 6.33. The Morgan fingerprint density at radius 3 is 1.96 bits per heavy atom. The second-order valence-electron chi connectivity index (χ2n) is 9.38. The van der Waals surface area contributed by atoms with Gasteiger partial charge in [0, 0.05) is 16.2 Å². The second kappa shape index (κ2) is 4.43. The number of hydrogen-bond donors (Lipinski definition) is 0. The van der Waals surface area contributed by atoms with E-state index in [2.05, 4.69) is 48.5 Å². The largest absolute Gasteiger partial charge is 0.376 e. The summed E-state index contributed by atoms with van der Waals surface area (Å²) < 4.78 is 12.2. The van der Waals surface area contributed by atoms with Gasteiger partial charge in [0.1, 0.15) is 0 Å². The number of hydrogen-bond acceptors (Lipinski definition) is 2. The molecule has 2 aromatic rings.